The maximum Gasteiger partial charge on any atom is 0.254 e. The third-order valence-corrected chi connectivity index (χ3v) is 4.82. The van der Waals surface area contributed by atoms with Crippen molar-refractivity contribution < 1.29 is 9.47 Å². The van der Waals surface area contributed by atoms with E-state index in [1.54, 1.807) is 18.7 Å². The van der Waals surface area contributed by atoms with Crippen LogP contribution in [0.5, 0.6) is 11.5 Å². The van der Waals surface area contributed by atoms with E-state index >= 15 is 0 Å². The number of rotatable bonds is 5. The van der Waals surface area contributed by atoms with E-state index in [1.807, 2.05) is 48.5 Å². The van der Waals surface area contributed by atoms with Crippen molar-refractivity contribution in [3.05, 3.63) is 59.3 Å². The van der Waals surface area contributed by atoms with Crippen molar-refractivity contribution in [2.24, 2.45) is 0 Å². The lowest BCUT2D eigenvalue weighted by molar-refractivity contribution is 0.390. The molecule has 0 aliphatic heterocycles. The van der Waals surface area contributed by atoms with Gasteiger partial charge in [0.05, 0.1) is 19.9 Å². The van der Waals surface area contributed by atoms with Gasteiger partial charge < -0.3 is 14.8 Å². The van der Waals surface area contributed by atoms with Crippen LogP contribution in [0.15, 0.2) is 59.3 Å². The Balaban J connectivity index is 1.81. The highest BCUT2D eigenvalue weighted by molar-refractivity contribution is 9.10. The van der Waals surface area contributed by atoms with Gasteiger partial charge in [0.25, 0.3) is 5.78 Å². The minimum atomic E-state index is 0.509. The second kappa shape index (κ2) is 7.24. The second-order valence-corrected chi connectivity index (χ2v) is 6.48. The summed E-state index contributed by atoms with van der Waals surface area (Å²) in [4.78, 5) is 8.81. The minimum absolute atomic E-state index is 0.509. The topological polar surface area (TPSA) is 73.6 Å². The van der Waals surface area contributed by atoms with Crippen molar-refractivity contribution in [3.8, 4) is 22.8 Å². The maximum absolute atomic E-state index is 5.42. The third-order valence-electron chi connectivity index (χ3n) is 4.04. The van der Waals surface area contributed by atoms with Gasteiger partial charge in [-0.25, -0.2) is 4.98 Å². The van der Waals surface area contributed by atoms with Gasteiger partial charge in [0.1, 0.15) is 28.1 Å². The fourth-order valence-electron chi connectivity index (χ4n) is 2.75. The molecule has 0 saturated heterocycles. The molecular weight excluding hydrogens is 410 g/mol. The summed E-state index contributed by atoms with van der Waals surface area (Å²) in [5.41, 5.74) is 2.58. The van der Waals surface area contributed by atoms with Crippen LogP contribution in [0.1, 0.15) is 0 Å². The van der Waals surface area contributed by atoms with E-state index < -0.39 is 0 Å². The SMILES string of the molecule is COc1cc(Nc2cc(-c3ccccc3)nc3ncnn23)cc(OC)c1Br. The lowest BCUT2D eigenvalue weighted by atomic mass is 10.1. The average molecular weight is 426 g/mol. The molecule has 8 heteroatoms. The number of nitrogens with zero attached hydrogens (tertiary/aromatic N) is 4. The molecule has 2 aromatic heterocycles. The third kappa shape index (κ3) is 3.31. The number of aromatic nitrogens is 4. The molecule has 0 aliphatic carbocycles. The molecule has 27 heavy (non-hydrogen) atoms. The number of fused-ring (bicyclic) bond motifs is 1. The Morgan fingerprint density at radius 2 is 1.70 bits per heavy atom. The van der Waals surface area contributed by atoms with Gasteiger partial charge in [0.2, 0.25) is 0 Å². The largest absolute Gasteiger partial charge is 0.495 e. The fourth-order valence-corrected chi connectivity index (χ4v) is 3.30. The molecular formula is C19H16BrN5O2. The summed E-state index contributed by atoms with van der Waals surface area (Å²) in [5.74, 6) is 2.55. The van der Waals surface area contributed by atoms with Crippen LogP contribution in [0, 0.1) is 0 Å². The molecule has 0 unspecified atom stereocenters. The average Bonchev–Trinajstić information content (AvgIpc) is 3.18. The first-order chi connectivity index (χ1) is 13.2. The molecule has 0 spiro atoms. The normalized spacial score (nSPS) is 10.8. The van der Waals surface area contributed by atoms with Crippen LogP contribution in [0.2, 0.25) is 0 Å². The van der Waals surface area contributed by atoms with E-state index in [-0.39, 0.29) is 0 Å². The summed E-state index contributed by atoms with van der Waals surface area (Å²) in [7, 11) is 3.22. The van der Waals surface area contributed by atoms with Gasteiger partial charge >= 0.3 is 0 Å². The summed E-state index contributed by atoms with van der Waals surface area (Å²) < 4.78 is 13.2. The number of hydrogen-bond donors (Lipinski definition) is 1. The molecule has 4 rings (SSSR count). The lowest BCUT2D eigenvalue weighted by Gasteiger charge is -2.14. The van der Waals surface area contributed by atoms with Crippen molar-refractivity contribution in [2.45, 2.75) is 0 Å². The molecule has 7 nitrogen and oxygen atoms in total. The number of ether oxygens (including phenoxy) is 2. The van der Waals surface area contributed by atoms with Gasteiger partial charge in [-0.1, -0.05) is 30.3 Å². The molecule has 2 aromatic carbocycles. The highest BCUT2D eigenvalue weighted by Crippen LogP contribution is 2.38. The standard InChI is InChI=1S/C19H16BrN5O2/c1-26-15-8-13(9-16(27-2)18(15)20)23-17-10-14(12-6-4-3-5-7-12)24-19-21-11-22-25(17)19/h3-11,23H,1-2H3. The second-order valence-electron chi connectivity index (χ2n) is 5.68. The number of hydrogen-bond acceptors (Lipinski definition) is 6. The predicted molar refractivity (Wildman–Crippen MR) is 107 cm³/mol. The number of methoxy groups -OCH3 is 2. The van der Waals surface area contributed by atoms with Crippen molar-refractivity contribution in [1.82, 2.24) is 19.6 Å². The molecule has 1 N–H and O–H groups in total. The Hall–Kier alpha value is -3.13. The summed E-state index contributed by atoms with van der Waals surface area (Å²) in [5, 5.41) is 7.62. The first kappa shape index (κ1) is 17.3. The Labute approximate surface area is 164 Å². The lowest BCUT2D eigenvalue weighted by Crippen LogP contribution is -2.03. The van der Waals surface area contributed by atoms with Gasteiger partial charge in [-0.15, -0.1) is 0 Å². The highest BCUT2D eigenvalue weighted by Gasteiger charge is 2.13. The van der Waals surface area contributed by atoms with Gasteiger partial charge in [-0.2, -0.15) is 14.6 Å². The van der Waals surface area contributed by atoms with Crippen LogP contribution >= 0.6 is 15.9 Å². The highest BCUT2D eigenvalue weighted by atomic mass is 79.9. The predicted octanol–water partition coefficient (Wildman–Crippen LogP) is 4.31. The molecule has 136 valence electrons. The Bertz CT molecular complexity index is 1070. The molecule has 2 heterocycles. The zero-order chi connectivity index (χ0) is 18.8. The summed E-state index contributed by atoms with van der Waals surface area (Å²) in [6, 6.07) is 15.6. The smallest absolute Gasteiger partial charge is 0.254 e. The maximum atomic E-state index is 5.42. The molecule has 0 atom stereocenters. The summed E-state index contributed by atoms with van der Waals surface area (Å²) in [6.07, 6.45) is 1.48. The number of benzene rings is 2. The van der Waals surface area contributed by atoms with Crippen LogP contribution in [-0.2, 0) is 0 Å². The fraction of sp³-hybridized carbons (Fsp3) is 0.105. The number of anilines is 2. The molecule has 0 aliphatic rings. The number of halogens is 1. The summed E-state index contributed by atoms with van der Waals surface area (Å²) in [6.45, 7) is 0. The van der Waals surface area contributed by atoms with Gasteiger partial charge in [-0.05, 0) is 15.9 Å². The van der Waals surface area contributed by atoms with Gasteiger partial charge in [0.15, 0.2) is 0 Å². The Morgan fingerprint density at radius 3 is 2.37 bits per heavy atom. The van der Waals surface area contributed by atoms with E-state index in [0.717, 1.165) is 27.2 Å². The van der Waals surface area contributed by atoms with E-state index in [1.165, 1.54) is 6.33 Å². The summed E-state index contributed by atoms with van der Waals surface area (Å²) >= 11 is 3.48. The van der Waals surface area contributed by atoms with E-state index in [0.29, 0.717) is 17.3 Å². The number of nitrogens with one attached hydrogen (secondary N) is 1. The molecule has 0 bridgehead atoms. The molecule has 4 aromatic rings. The molecule has 0 amide bonds. The quantitative estimate of drug-likeness (QED) is 0.513. The zero-order valence-electron chi connectivity index (χ0n) is 14.7. The molecule has 0 saturated carbocycles. The zero-order valence-corrected chi connectivity index (χ0v) is 16.3. The Morgan fingerprint density at radius 1 is 1.00 bits per heavy atom. The van der Waals surface area contributed by atoms with Crippen LogP contribution in [-0.4, -0.2) is 33.8 Å². The Kier molecular flexibility index (Phi) is 4.64. The minimum Gasteiger partial charge on any atom is -0.495 e. The van der Waals surface area contributed by atoms with Crippen LogP contribution in [0.25, 0.3) is 17.0 Å². The monoisotopic (exact) mass is 425 g/mol. The van der Waals surface area contributed by atoms with Crippen LogP contribution in [0.4, 0.5) is 11.5 Å². The van der Waals surface area contributed by atoms with Gasteiger partial charge in [-0.3, -0.25) is 0 Å². The van der Waals surface area contributed by atoms with E-state index in [9.17, 15) is 0 Å². The van der Waals surface area contributed by atoms with Crippen LogP contribution < -0.4 is 14.8 Å². The molecule has 0 fully saturated rings. The first-order valence-electron chi connectivity index (χ1n) is 8.14. The van der Waals surface area contributed by atoms with Crippen LogP contribution in [0.3, 0.4) is 0 Å². The van der Waals surface area contributed by atoms with Crippen molar-refractivity contribution in [2.75, 3.05) is 19.5 Å². The first-order valence-corrected chi connectivity index (χ1v) is 8.93. The van der Waals surface area contributed by atoms with Crippen molar-refractivity contribution in [3.63, 3.8) is 0 Å². The molecule has 0 radical (unpaired) electrons. The van der Waals surface area contributed by atoms with Gasteiger partial charge in [0, 0.05) is 29.4 Å². The van der Waals surface area contributed by atoms with Crippen molar-refractivity contribution in [1.29, 1.82) is 0 Å². The van der Waals surface area contributed by atoms with E-state index in [2.05, 4.69) is 36.3 Å². The van der Waals surface area contributed by atoms with Crippen molar-refractivity contribution >= 4 is 33.2 Å². The van der Waals surface area contributed by atoms with E-state index in [4.69, 9.17) is 9.47 Å².